The second-order valence-corrected chi connectivity index (χ2v) is 8.07. The maximum absolute atomic E-state index is 15.0. The van der Waals surface area contributed by atoms with Crippen molar-refractivity contribution in [1.82, 2.24) is 0 Å². The molecule has 0 heterocycles. The summed E-state index contributed by atoms with van der Waals surface area (Å²) in [4.78, 5) is 0. The molecule has 4 heteroatoms. The Hall–Kier alpha value is -4.15. The first-order valence-electron chi connectivity index (χ1n) is 11.4. The van der Waals surface area contributed by atoms with Crippen LogP contribution in [0.1, 0.15) is 47.6 Å². The molecule has 0 bridgehead atoms. The Kier molecular flexibility index (Phi) is 7.76. The zero-order valence-electron chi connectivity index (χ0n) is 19.2. The molecule has 0 saturated carbocycles. The molecule has 0 aliphatic heterocycles. The van der Waals surface area contributed by atoms with Crippen LogP contribution in [-0.4, -0.2) is 6.61 Å². The van der Waals surface area contributed by atoms with E-state index >= 15 is 4.39 Å². The zero-order valence-corrected chi connectivity index (χ0v) is 19.2. The van der Waals surface area contributed by atoms with E-state index in [0.29, 0.717) is 10.9 Å². The summed E-state index contributed by atoms with van der Waals surface area (Å²) >= 11 is 0. The molecule has 35 heavy (non-hydrogen) atoms. The number of fused-ring (bicyclic) bond motifs is 1. The number of hydrogen-bond acceptors (Lipinski definition) is 1. The van der Waals surface area contributed by atoms with Crippen LogP contribution in [0.25, 0.3) is 10.8 Å². The summed E-state index contributed by atoms with van der Waals surface area (Å²) in [6, 6.07) is 23.0. The summed E-state index contributed by atoms with van der Waals surface area (Å²) in [5.41, 5.74) is 3.88. The highest BCUT2D eigenvalue weighted by atomic mass is 19.3. The number of aryl methyl sites for hydroxylation is 1. The van der Waals surface area contributed by atoms with Gasteiger partial charge in [-0.2, -0.15) is 8.78 Å². The van der Waals surface area contributed by atoms with Crippen LogP contribution in [0.15, 0.2) is 78.9 Å². The molecule has 0 aromatic heterocycles. The molecule has 4 aromatic rings. The van der Waals surface area contributed by atoms with Crippen molar-refractivity contribution in [2.75, 3.05) is 0 Å². The number of halogens is 3. The van der Waals surface area contributed by atoms with Crippen molar-refractivity contribution in [2.24, 2.45) is 0 Å². The lowest BCUT2D eigenvalue weighted by molar-refractivity contribution is -0.0498. The van der Waals surface area contributed by atoms with Gasteiger partial charge in [-0.15, -0.1) is 0 Å². The van der Waals surface area contributed by atoms with E-state index in [-0.39, 0.29) is 11.3 Å². The van der Waals surface area contributed by atoms with E-state index in [2.05, 4.69) is 47.5 Å². The fraction of sp³-hybridized carbons (Fsp3) is 0.161. The predicted molar refractivity (Wildman–Crippen MR) is 134 cm³/mol. The summed E-state index contributed by atoms with van der Waals surface area (Å²) in [6.45, 7) is -0.700. The Morgan fingerprint density at radius 1 is 0.743 bits per heavy atom. The number of unbranched alkanes of at least 4 members (excludes halogenated alkanes) is 1. The topological polar surface area (TPSA) is 9.23 Å². The maximum Gasteiger partial charge on any atom is 0.387 e. The van der Waals surface area contributed by atoms with Gasteiger partial charge in [0.25, 0.3) is 0 Å². The highest BCUT2D eigenvalue weighted by Gasteiger charge is 2.07. The van der Waals surface area contributed by atoms with Crippen molar-refractivity contribution in [2.45, 2.75) is 32.8 Å². The minimum absolute atomic E-state index is 0.0466. The van der Waals surface area contributed by atoms with Gasteiger partial charge in [0, 0.05) is 22.1 Å². The molecule has 4 rings (SSSR count). The first kappa shape index (κ1) is 24.0. The summed E-state index contributed by atoms with van der Waals surface area (Å²) in [6.07, 6.45) is 3.43. The molecule has 0 spiro atoms. The quantitative estimate of drug-likeness (QED) is 0.273. The standard InChI is InChI=1S/C31H23F3O/c1-2-3-4-22-5-7-23(8-6-22)9-10-25-14-20-29-27(21-25)17-16-26(30(29)32)15-11-24-12-18-28(19-13-24)35-31(33)34/h5-8,12-14,16-21,31H,2-4H2,1H3. The van der Waals surface area contributed by atoms with Gasteiger partial charge in [0.05, 0.1) is 5.56 Å². The van der Waals surface area contributed by atoms with Crippen molar-refractivity contribution in [3.05, 3.63) is 112 Å². The predicted octanol–water partition coefficient (Wildman–Crippen LogP) is 7.72. The SMILES string of the molecule is CCCCc1ccc(C#Cc2ccc3c(F)c(C#Cc4ccc(OC(F)F)cc4)ccc3c2)cc1. The molecular weight excluding hydrogens is 445 g/mol. The van der Waals surface area contributed by atoms with Crippen LogP contribution in [0.2, 0.25) is 0 Å². The molecule has 0 radical (unpaired) electrons. The number of ether oxygens (including phenoxy) is 1. The van der Waals surface area contributed by atoms with Crippen LogP contribution in [0.3, 0.4) is 0 Å². The van der Waals surface area contributed by atoms with Gasteiger partial charge in [-0.3, -0.25) is 0 Å². The van der Waals surface area contributed by atoms with Crippen molar-refractivity contribution < 1.29 is 17.9 Å². The molecule has 0 saturated heterocycles. The van der Waals surface area contributed by atoms with Crippen LogP contribution in [-0.2, 0) is 6.42 Å². The number of hydrogen-bond donors (Lipinski definition) is 0. The van der Waals surface area contributed by atoms with Gasteiger partial charge in [-0.05, 0) is 78.4 Å². The van der Waals surface area contributed by atoms with Gasteiger partial charge in [0.2, 0.25) is 0 Å². The lowest BCUT2D eigenvalue weighted by atomic mass is 10.0. The van der Waals surface area contributed by atoms with Crippen molar-refractivity contribution in [3.8, 4) is 29.4 Å². The Labute approximate surface area is 203 Å². The molecule has 0 N–H and O–H groups in total. The van der Waals surface area contributed by atoms with E-state index in [1.54, 1.807) is 30.3 Å². The van der Waals surface area contributed by atoms with Gasteiger partial charge in [0.15, 0.2) is 0 Å². The van der Waals surface area contributed by atoms with Crippen molar-refractivity contribution >= 4 is 10.8 Å². The van der Waals surface area contributed by atoms with Gasteiger partial charge >= 0.3 is 6.61 Å². The van der Waals surface area contributed by atoms with E-state index in [1.807, 2.05) is 24.3 Å². The van der Waals surface area contributed by atoms with Gasteiger partial charge < -0.3 is 4.74 Å². The average molecular weight is 469 g/mol. The second kappa shape index (κ2) is 11.3. The lowest BCUT2D eigenvalue weighted by Gasteiger charge is -2.04. The monoisotopic (exact) mass is 468 g/mol. The zero-order chi connectivity index (χ0) is 24.6. The molecule has 174 valence electrons. The first-order chi connectivity index (χ1) is 17.0. The molecule has 0 fully saturated rings. The van der Waals surface area contributed by atoms with Crippen LogP contribution in [0.4, 0.5) is 13.2 Å². The Morgan fingerprint density at radius 3 is 2.06 bits per heavy atom. The first-order valence-corrected chi connectivity index (χ1v) is 11.4. The molecule has 1 nitrogen and oxygen atoms in total. The smallest absolute Gasteiger partial charge is 0.387 e. The third-order valence-corrected chi connectivity index (χ3v) is 5.50. The molecule has 0 unspecified atom stereocenters. The fourth-order valence-corrected chi connectivity index (χ4v) is 3.61. The third-order valence-electron chi connectivity index (χ3n) is 5.50. The largest absolute Gasteiger partial charge is 0.435 e. The fourth-order valence-electron chi connectivity index (χ4n) is 3.61. The van der Waals surface area contributed by atoms with Crippen LogP contribution in [0.5, 0.6) is 5.75 Å². The summed E-state index contributed by atoms with van der Waals surface area (Å²) < 4.78 is 43.9. The molecule has 0 atom stereocenters. The molecular formula is C31H23F3O. The van der Waals surface area contributed by atoms with Gasteiger partial charge in [-0.25, -0.2) is 4.39 Å². The van der Waals surface area contributed by atoms with Crippen LogP contribution < -0.4 is 4.74 Å². The van der Waals surface area contributed by atoms with Gasteiger partial charge in [-0.1, -0.05) is 61.3 Å². The number of alkyl halides is 2. The Balaban J connectivity index is 1.51. The molecule has 0 aliphatic rings. The van der Waals surface area contributed by atoms with Gasteiger partial charge in [0.1, 0.15) is 11.6 Å². The van der Waals surface area contributed by atoms with Crippen LogP contribution in [0, 0.1) is 29.5 Å². The van der Waals surface area contributed by atoms with E-state index in [4.69, 9.17) is 0 Å². The van der Waals surface area contributed by atoms with E-state index in [1.165, 1.54) is 30.5 Å². The summed E-state index contributed by atoms with van der Waals surface area (Å²) in [5, 5.41) is 1.20. The summed E-state index contributed by atoms with van der Waals surface area (Å²) in [5.74, 6) is 11.6. The highest BCUT2D eigenvalue weighted by molar-refractivity contribution is 5.86. The molecule has 0 amide bonds. The van der Waals surface area contributed by atoms with E-state index in [9.17, 15) is 8.78 Å². The Bertz CT molecular complexity index is 1430. The lowest BCUT2D eigenvalue weighted by Crippen LogP contribution is -2.01. The van der Waals surface area contributed by atoms with Crippen LogP contribution >= 0.6 is 0 Å². The highest BCUT2D eigenvalue weighted by Crippen LogP contribution is 2.22. The number of benzene rings is 4. The summed E-state index contributed by atoms with van der Waals surface area (Å²) in [7, 11) is 0. The minimum atomic E-state index is -2.88. The maximum atomic E-state index is 15.0. The van der Waals surface area contributed by atoms with E-state index < -0.39 is 12.4 Å². The second-order valence-electron chi connectivity index (χ2n) is 8.07. The number of rotatable bonds is 5. The van der Waals surface area contributed by atoms with Crippen molar-refractivity contribution in [1.29, 1.82) is 0 Å². The normalized spacial score (nSPS) is 10.4. The average Bonchev–Trinajstić information content (AvgIpc) is 2.87. The van der Waals surface area contributed by atoms with Crippen molar-refractivity contribution in [3.63, 3.8) is 0 Å². The van der Waals surface area contributed by atoms with E-state index in [0.717, 1.165) is 22.9 Å². The minimum Gasteiger partial charge on any atom is -0.435 e. The Morgan fingerprint density at radius 2 is 1.37 bits per heavy atom. The molecule has 4 aromatic carbocycles. The molecule has 0 aliphatic carbocycles. The third kappa shape index (κ3) is 6.46.